The lowest BCUT2D eigenvalue weighted by atomic mass is 9.95. The molecule has 2 amide bonds. The molecule has 28 heavy (non-hydrogen) atoms. The molecule has 1 aromatic heterocycles. The molecule has 2 aliphatic carbocycles. The Balaban J connectivity index is 1.91. The monoisotopic (exact) mass is 387 g/mol. The van der Waals surface area contributed by atoms with Crippen molar-refractivity contribution >= 4 is 11.8 Å². The third kappa shape index (κ3) is 4.83. The summed E-state index contributed by atoms with van der Waals surface area (Å²) < 4.78 is 1.93. The normalized spacial score (nSPS) is 19.4. The van der Waals surface area contributed by atoms with Crippen LogP contribution in [0.4, 0.5) is 0 Å². The van der Waals surface area contributed by atoms with E-state index < -0.39 is 11.3 Å². The molecule has 2 saturated carbocycles. The lowest BCUT2D eigenvalue weighted by molar-refractivity contribution is 0.0925. The molecule has 154 valence electrons. The minimum atomic E-state index is -0.469. The van der Waals surface area contributed by atoms with Crippen LogP contribution in [-0.2, 0) is 0 Å². The molecule has 2 aliphatic rings. The minimum absolute atomic E-state index is 0.0217. The zero-order valence-corrected chi connectivity index (χ0v) is 17.1. The standard InChI is InChI=1S/C22H33N3O3/c1-3-15(2)23-21(27)18-13-25(17-11-7-8-12-17)14-19(20(18)26)22(28)24-16-9-5-4-6-10-16/h13-17H,3-12H2,1-2H3,(H,23,27)(H,24,28). The van der Waals surface area contributed by atoms with Gasteiger partial charge in [0.05, 0.1) is 0 Å². The Kier molecular flexibility index (Phi) is 6.92. The predicted octanol–water partition coefficient (Wildman–Crippen LogP) is 3.55. The lowest BCUT2D eigenvalue weighted by Crippen LogP contribution is -2.41. The molecule has 0 aromatic carbocycles. The van der Waals surface area contributed by atoms with Crippen molar-refractivity contribution in [1.29, 1.82) is 0 Å². The first-order valence-electron chi connectivity index (χ1n) is 10.9. The highest BCUT2D eigenvalue weighted by molar-refractivity contribution is 5.99. The van der Waals surface area contributed by atoms with E-state index >= 15 is 0 Å². The highest BCUT2D eigenvalue weighted by Gasteiger charge is 2.25. The average molecular weight is 388 g/mol. The molecular formula is C22H33N3O3. The van der Waals surface area contributed by atoms with Crippen LogP contribution in [0.5, 0.6) is 0 Å². The van der Waals surface area contributed by atoms with Gasteiger partial charge in [0.2, 0.25) is 5.43 Å². The van der Waals surface area contributed by atoms with Gasteiger partial charge in [-0.2, -0.15) is 0 Å². The molecule has 0 bridgehead atoms. The summed E-state index contributed by atoms with van der Waals surface area (Å²) in [5.41, 5.74) is -0.305. The molecule has 3 rings (SSSR count). The maximum atomic E-state index is 13.0. The molecule has 0 spiro atoms. The predicted molar refractivity (Wildman–Crippen MR) is 110 cm³/mol. The summed E-state index contributed by atoms with van der Waals surface area (Å²) in [4.78, 5) is 38.6. The summed E-state index contributed by atoms with van der Waals surface area (Å²) >= 11 is 0. The molecule has 0 aliphatic heterocycles. The molecule has 1 atom stereocenters. The number of aromatic nitrogens is 1. The Bertz CT molecular complexity index is 759. The SMILES string of the molecule is CCC(C)NC(=O)c1cn(C2CCCC2)cc(C(=O)NC2CCCCC2)c1=O. The second-order valence-corrected chi connectivity index (χ2v) is 8.39. The first-order valence-corrected chi connectivity index (χ1v) is 10.9. The molecule has 1 heterocycles. The Labute approximate surface area is 167 Å². The van der Waals surface area contributed by atoms with Crippen molar-refractivity contribution in [2.75, 3.05) is 0 Å². The van der Waals surface area contributed by atoms with E-state index in [1.54, 1.807) is 12.4 Å². The lowest BCUT2D eigenvalue weighted by Gasteiger charge is -2.23. The quantitative estimate of drug-likeness (QED) is 0.783. The van der Waals surface area contributed by atoms with Gasteiger partial charge in [0, 0.05) is 30.5 Å². The summed E-state index contributed by atoms with van der Waals surface area (Å²) in [6, 6.07) is 0.349. The third-order valence-corrected chi connectivity index (χ3v) is 6.21. The Hall–Kier alpha value is -2.11. The molecular weight excluding hydrogens is 354 g/mol. The fraction of sp³-hybridized carbons (Fsp3) is 0.682. The maximum absolute atomic E-state index is 13.0. The highest BCUT2D eigenvalue weighted by Crippen LogP contribution is 2.29. The summed E-state index contributed by atoms with van der Waals surface area (Å²) in [6.45, 7) is 3.89. The van der Waals surface area contributed by atoms with E-state index in [2.05, 4.69) is 10.6 Å². The second-order valence-electron chi connectivity index (χ2n) is 8.39. The van der Waals surface area contributed by atoms with E-state index in [0.717, 1.165) is 57.8 Å². The number of carbonyl (C=O) groups excluding carboxylic acids is 2. The van der Waals surface area contributed by atoms with Crippen molar-refractivity contribution in [2.45, 2.75) is 96.2 Å². The van der Waals surface area contributed by atoms with E-state index in [-0.39, 0.29) is 35.2 Å². The molecule has 0 radical (unpaired) electrons. The van der Waals surface area contributed by atoms with Crippen LogP contribution >= 0.6 is 0 Å². The molecule has 2 N–H and O–H groups in total. The van der Waals surface area contributed by atoms with Crippen LogP contribution in [0, 0.1) is 0 Å². The van der Waals surface area contributed by atoms with Crippen molar-refractivity contribution < 1.29 is 9.59 Å². The van der Waals surface area contributed by atoms with Crippen LogP contribution in [0.2, 0.25) is 0 Å². The Morgan fingerprint density at radius 1 is 1.00 bits per heavy atom. The molecule has 6 nitrogen and oxygen atoms in total. The van der Waals surface area contributed by atoms with Crippen LogP contribution < -0.4 is 16.1 Å². The van der Waals surface area contributed by atoms with Gasteiger partial charge in [-0.05, 0) is 39.0 Å². The number of rotatable bonds is 6. The van der Waals surface area contributed by atoms with Gasteiger partial charge < -0.3 is 15.2 Å². The van der Waals surface area contributed by atoms with Gasteiger partial charge in [-0.1, -0.05) is 39.0 Å². The number of amides is 2. The molecule has 1 aromatic rings. The van der Waals surface area contributed by atoms with Crippen LogP contribution in [-0.4, -0.2) is 28.5 Å². The van der Waals surface area contributed by atoms with Crippen molar-refractivity contribution in [2.24, 2.45) is 0 Å². The number of hydrogen-bond donors (Lipinski definition) is 2. The zero-order valence-electron chi connectivity index (χ0n) is 17.1. The largest absolute Gasteiger partial charge is 0.349 e. The molecule has 2 fully saturated rings. The Morgan fingerprint density at radius 3 is 2.18 bits per heavy atom. The average Bonchev–Trinajstić information content (AvgIpc) is 3.23. The van der Waals surface area contributed by atoms with Crippen molar-refractivity contribution in [1.82, 2.24) is 15.2 Å². The van der Waals surface area contributed by atoms with Gasteiger partial charge in [-0.15, -0.1) is 0 Å². The summed E-state index contributed by atoms with van der Waals surface area (Å²) in [5.74, 6) is -0.736. The van der Waals surface area contributed by atoms with Gasteiger partial charge in [-0.3, -0.25) is 14.4 Å². The first-order chi connectivity index (χ1) is 13.5. The summed E-state index contributed by atoms with van der Waals surface area (Å²) in [7, 11) is 0. The highest BCUT2D eigenvalue weighted by atomic mass is 16.2. The van der Waals surface area contributed by atoms with Gasteiger partial charge in [0.25, 0.3) is 11.8 Å². The summed E-state index contributed by atoms with van der Waals surface area (Å²) in [6.07, 6.45) is 13.7. The van der Waals surface area contributed by atoms with E-state index in [0.29, 0.717) is 0 Å². The van der Waals surface area contributed by atoms with Crippen molar-refractivity contribution in [3.05, 3.63) is 33.7 Å². The third-order valence-electron chi connectivity index (χ3n) is 6.21. The van der Waals surface area contributed by atoms with E-state index in [9.17, 15) is 14.4 Å². The number of hydrogen-bond acceptors (Lipinski definition) is 3. The summed E-state index contributed by atoms with van der Waals surface area (Å²) in [5, 5.41) is 5.90. The van der Waals surface area contributed by atoms with E-state index in [1.807, 2.05) is 18.4 Å². The first kappa shape index (κ1) is 20.6. The Morgan fingerprint density at radius 2 is 1.57 bits per heavy atom. The zero-order chi connectivity index (χ0) is 20.1. The number of nitrogens with one attached hydrogen (secondary N) is 2. The fourth-order valence-corrected chi connectivity index (χ4v) is 4.25. The smallest absolute Gasteiger partial charge is 0.256 e. The van der Waals surface area contributed by atoms with Gasteiger partial charge >= 0.3 is 0 Å². The van der Waals surface area contributed by atoms with E-state index in [1.165, 1.54) is 6.42 Å². The number of nitrogens with zero attached hydrogens (tertiary/aromatic N) is 1. The minimum Gasteiger partial charge on any atom is -0.349 e. The van der Waals surface area contributed by atoms with Gasteiger partial charge in [-0.25, -0.2) is 0 Å². The number of carbonyl (C=O) groups is 2. The van der Waals surface area contributed by atoms with Crippen LogP contribution in [0.3, 0.4) is 0 Å². The van der Waals surface area contributed by atoms with Gasteiger partial charge in [0.15, 0.2) is 0 Å². The van der Waals surface area contributed by atoms with Crippen molar-refractivity contribution in [3.63, 3.8) is 0 Å². The maximum Gasteiger partial charge on any atom is 0.256 e. The van der Waals surface area contributed by atoms with Crippen LogP contribution in [0.25, 0.3) is 0 Å². The van der Waals surface area contributed by atoms with Crippen molar-refractivity contribution in [3.8, 4) is 0 Å². The van der Waals surface area contributed by atoms with Crippen LogP contribution in [0.15, 0.2) is 17.2 Å². The van der Waals surface area contributed by atoms with Gasteiger partial charge in [0.1, 0.15) is 11.1 Å². The topological polar surface area (TPSA) is 80.2 Å². The van der Waals surface area contributed by atoms with Crippen LogP contribution in [0.1, 0.15) is 105 Å². The fourth-order valence-electron chi connectivity index (χ4n) is 4.25. The molecule has 1 unspecified atom stereocenters. The molecule has 0 saturated heterocycles. The second kappa shape index (κ2) is 9.39. The number of pyridine rings is 1. The van der Waals surface area contributed by atoms with E-state index in [4.69, 9.17) is 0 Å². The molecule has 6 heteroatoms.